The van der Waals surface area contributed by atoms with Gasteiger partial charge in [0, 0.05) is 57.6 Å². The molecule has 1 saturated heterocycles. The molecule has 176 valence electrons. The number of sulfonamides is 1. The summed E-state index contributed by atoms with van der Waals surface area (Å²) < 4.78 is 29.0. The molecule has 0 bridgehead atoms. The van der Waals surface area contributed by atoms with Crippen molar-refractivity contribution in [3.8, 4) is 12.3 Å². The number of piperazine rings is 1. The first-order valence-corrected chi connectivity index (χ1v) is 12.5. The zero-order valence-corrected chi connectivity index (χ0v) is 19.8. The van der Waals surface area contributed by atoms with Crippen molar-refractivity contribution in [3.05, 3.63) is 52.3 Å². The van der Waals surface area contributed by atoms with E-state index in [4.69, 9.17) is 6.42 Å². The molecule has 9 nitrogen and oxygen atoms in total. The molecule has 1 aromatic heterocycles. The minimum Gasteiger partial charge on any atom is -0.369 e. The van der Waals surface area contributed by atoms with Gasteiger partial charge >= 0.3 is 0 Å². The Morgan fingerprint density at radius 2 is 1.85 bits per heavy atom. The number of terminal acetylenes is 1. The van der Waals surface area contributed by atoms with E-state index in [9.17, 15) is 18.5 Å². The summed E-state index contributed by atoms with van der Waals surface area (Å²) in [5, 5.41) is 11.6. The third-order valence-corrected chi connectivity index (χ3v) is 7.51. The maximum absolute atomic E-state index is 13.8. The van der Waals surface area contributed by atoms with Crippen LogP contribution in [0.1, 0.15) is 32.3 Å². The Kier molecular flexibility index (Phi) is 7.89. The molecule has 0 spiro atoms. The van der Waals surface area contributed by atoms with Crippen molar-refractivity contribution in [2.45, 2.75) is 31.6 Å². The molecule has 3 rings (SSSR count). The maximum atomic E-state index is 13.8. The molecular formula is C23H29N5O4S. The predicted molar refractivity (Wildman–Crippen MR) is 129 cm³/mol. The highest BCUT2D eigenvalue weighted by molar-refractivity contribution is 7.89. The average molecular weight is 472 g/mol. The summed E-state index contributed by atoms with van der Waals surface area (Å²) in [6, 6.07) is 6.21. The summed E-state index contributed by atoms with van der Waals surface area (Å²) >= 11 is 0. The van der Waals surface area contributed by atoms with E-state index in [1.807, 2.05) is 30.9 Å². The van der Waals surface area contributed by atoms with Crippen LogP contribution in [-0.4, -0.2) is 61.9 Å². The Morgan fingerprint density at radius 3 is 2.36 bits per heavy atom. The van der Waals surface area contributed by atoms with Crippen molar-refractivity contribution >= 4 is 27.1 Å². The van der Waals surface area contributed by atoms with E-state index in [0.29, 0.717) is 31.9 Å². The van der Waals surface area contributed by atoms with Gasteiger partial charge in [-0.3, -0.25) is 15.1 Å². The molecule has 0 amide bonds. The van der Waals surface area contributed by atoms with E-state index < -0.39 is 14.9 Å². The van der Waals surface area contributed by atoms with Gasteiger partial charge in [-0.2, -0.15) is 4.31 Å². The highest BCUT2D eigenvalue weighted by atomic mass is 32.2. The van der Waals surface area contributed by atoms with E-state index in [1.54, 1.807) is 12.4 Å². The van der Waals surface area contributed by atoms with Crippen LogP contribution in [0.2, 0.25) is 0 Å². The van der Waals surface area contributed by atoms with Crippen LogP contribution >= 0.6 is 0 Å². The lowest BCUT2D eigenvalue weighted by atomic mass is 10.1. The van der Waals surface area contributed by atoms with Crippen molar-refractivity contribution < 1.29 is 13.3 Å². The van der Waals surface area contributed by atoms with E-state index in [-0.39, 0.29) is 29.2 Å². The van der Waals surface area contributed by atoms with Gasteiger partial charge in [0.25, 0.3) is 5.69 Å². The molecule has 1 fully saturated rings. The average Bonchev–Trinajstić information content (AvgIpc) is 2.83. The van der Waals surface area contributed by atoms with Crippen molar-refractivity contribution in [3.63, 3.8) is 0 Å². The number of nitro benzene ring substituents is 1. The number of nitro groups is 1. The first kappa shape index (κ1) is 24.5. The van der Waals surface area contributed by atoms with Gasteiger partial charge in [-0.15, -0.1) is 6.42 Å². The molecule has 10 heteroatoms. The molecule has 1 aliphatic rings. The quantitative estimate of drug-likeness (QED) is 0.315. The molecule has 0 unspecified atom stereocenters. The zero-order chi connectivity index (χ0) is 24.0. The molecule has 0 N–H and O–H groups in total. The lowest BCUT2D eigenvalue weighted by Crippen LogP contribution is -2.49. The second-order valence-electron chi connectivity index (χ2n) is 7.83. The fraction of sp³-hybridized carbons (Fsp3) is 0.435. The summed E-state index contributed by atoms with van der Waals surface area (Å²) in [5.74, 6) is 2.49. The predicted octanol–water partition coefficient (Wildman–Crippen LogP) is 3.11. The largest absolute Gasteiger partial charge is 0.369 e. The standard InChI is InChI=1S/C23H29N5O4S/c1-4-10-26(11-5-2)23-19(6-3)16-21(28(29)30)17-22(23)33(31,32)27-14-12-25(13-15-27)20-8-7-9-24-18-20/h3,7-9,16-18H,4-5,10-15H2,1-2H3. The highest BCUT2D eigenvalue weighted by Crippen LogP contribution is 2.36. The van der Waals surface area contributed by atoms with Crippen LogP contribution in [0, 0.1) is 22.5 Å². The number of benzene rings is 1. The van der Waals surface area contributed by atoms with Crippen LogP contribution in [0.3, 0.4) is 0 Å². The topological polar surface area (TPSA) is 99.9 Å². The highest BCUT2D eigenvalue weighted by Gasteiger charge is 2.34. The van der Waals surface area contributed by atoms with Gasteiger partial charge in [0.2, 0.25) is 10.0 Å². The summed E-state index contributed by atoms with van der Waals surface area (Å²) in [4.78, 5) is 19.0. The molecule has 2 heterocycles. The number of nitrogens with zero attached hydrogens (tertiary/aromatic N) is 5. The molecule has 33 heavy (non-hydrogen) atoms. The van der Waals surface area contributed by atoms with Crippen LogP contribution in [0.25, 0.3) is 0 Å². The molecule has 0 aliphatic carbocycles. The molecule has 0 radical (unpaired) electrons. The number of aromatic nitrogens is 1. The first-order valence-electron chi connectivity index (χ1n) is 11.0. The lowest BCUT2D eigenvalue weighted by Gasteiger charge is -2.36. The molecule has 1 aromatic carbocycles. The monoisotopic (exact) mass is 471 g/mol. The number of hydrogen-bond acceptors (Lipinski definition) is 7. The molecular weight excluding hydrogens is 442 g/mol. The van der Waals surface area contributed by atoms with Gasteiger partial charge in [0.15, 0.2) is 0 Å². The minimum atomic E-state index is -4.02. The van der Waals surface area contributed by atoms with E-state index in [0.717, 1.165) is 24.6 Å². The fourth-order valence-electron chi connectivity index (χ4n) is 4.07. The normalized spacial score (nSPS) is 14.6. The van der Waals surface area contributed by atoms with E-state index in [2.05, 4.69) is 15.8 Å². The lowest BCUT2D eigenvalue weighted by molar-refractivity contribution is -0.385. The smallest absolute Gasteiger partial charge is 0.272 e. The molecule has 0 saturated carbocycles. The fourth-order valence-corrected chi connectivity index (χ4v) is 5.75. The van der Waals surface area contributed by atoms with Crippen molar-refractivity contribution in [1.29, 1.82) is 0 Å². The summed E-state index contributed by atoms with van der Waals surface area (Å²) in [6.07, 6.45) is 10.7. The molecule has 1 aliphatic heterocycles. The summed E-state index contributed by atoms with van der Waals surface area (Å²) in [7, 11) is -4.02. The maximum Gasteiger partial charge on any atom is 0.272 e. The van der Waals surface area contributed by atoms with Crippen LogP contribution in [-0.2, 0) is 10.0 Å². The zero-order valence-electron chi connectivity index (χ0n) is 19.0. The Morgan fingerprint density at radius 1 is 1.18 bits per heavy atom. The van der Waals surface area contributed by atoms with E-state index in [1.165, 1.54) is 10.4 Å². The summed E-state index contributed by atoms with van der Waals surface area (Å²) in [6.45, 7) is 6.67. The second-order valence-corrected chi connectivity index (χ2v) is 9.74. The second kappa shape index (κ2) is 10.6. The van der Waals surface area contributed by atoms with Gasteiger partial charge in [-0.1, -0.05) is 19.8 Å². The number of non-ortho nitro benzene ring substituents is 1. The van der Waals surface area contributed by atoms with Gasteiger partial charge in [-0.25, -0.2) is 8.42 Å². The third-order valence-electron chi connectivity index (χ3n) is 5.60. The van der Waals surface area contributed by atoms with Crippen molar-refractivity contribution in [2.24, 2.45) is 0 Å². The number of pyridine rings is 1. The number of anilines is 2. The van der Waals surface area contributed by atoms with Gasteiger partial charge in [-0.05, 0) is 25.0 Å². The first-order chi connectivity index (χ1) is 15.8. The van der Waals surface area contributed by atoms with E-state index >= 15 is 0 Å². The SMILES string of the molecule is C#Cc1cc([N+](=O)[O-])cc(S(=O)(=O)N2CCN(c3cccnc3)CC2)c1N(CCC)CCC. The molecule has 2 aromatic rings. The van der Waals surface area contributed by atoms with Gasteiger partial charge in [0.05, 0.1) is 28.1 Å². The molecule has 0 atom stereocenters. The van der Waals surface area contributed by atoms with Crippen molar-refractivity contribution in [1.82, 2.24) is 9.29 Å². The van der Waals surface area contributed by atoms with Crippen molar-refractivity contribution in [2.75, 3.05) is 49.1 Å². The van der Waals surface area contributed by atoms with Crippen LogP contribution in [0.5, 0.6) is 0 Å². The van der Waals surface area contributed by atoms with Crippen LogP contribution in [0.15, 0.2) is 41.6 Å². The Bertz CT molecular complexity index is 1120. The van der Waals surface area contributed by atoms with Crippen LogP contribution in [0.4, 0.5) is 17.1 Å². The number of hydrogen-bond donors (Lipinski definition) is 0. The van der Waals surface area contributed by atoms with Crippen LogP contribution < -0.4 is 9.80 Å². The van der Waals surface area contributed by atoms with Gasteiger partial charge < -0.3 is 9.80 Å². The Labute approximate surface area is 195 Å². The van der Waals surface area contributed by atoms with Gasteiger partial charge in [0.1, 0.15) is 4.90 Å². The summed E-state index contributed by atoms with van der Waals surface area (Å²) in [5.41, 5.74) is 1.20. The Balaban J connectivity index is 2.03. The Hall–Kier alpha value is -3.16. The third kappa shape index (κ3) is 5.26. The minimum absolute atomic E-state index is 0.0959. The number of rotatable bonds is 9.